The molecule has 1 saturated heterocycles. The number of halogens is 3. The predicted octanol–water partition coefficient (Wildman–Crippen LogP) is 2.31. The molecule has 2 saturated carbocycles. The molecule has 0 aromatic carbocycles. The second-order valence-electron chi connectivity index (χ2n) is 6.64. The van der Waals surface area contributed by atoms with Crippen LogP contribution in [0, 0.1) is 16.7 Å². The van der Waals surface area contributed by atoms with E-state index in [0.717, 1.165) is 0 Å². The molecule has 104 valence electrons. The van der Waals surface area contributed by atoms with Gasteiger partial charge < -0.3 is 5.11 Å². The first-order valence-electron chi connectivity index (χ1n) is 6.19. The van der Waals surface area contributed by atoms with Crippen molar-refractivity contribution in [1.29, 1.82) is 0 Å². The number of hydrogen-bond acceptors (Lipinski definition) is 3. The number of likely N-dealkylation sites (N-methyl/N-ethyl adjacent to an activating group) is 1. The maximum atomic E-state index is 13.5. The smallest absolute Gasteiger partial charge is 0.377 e. The molecular formula is C12H18F3NO2. The van der Waals surface area contributed by atoms with Gasteiger partial charge in [-0.3, -0.25) is 4.84 Å². The quantitative estimate of drug-likeness (QED) is 0.683. The van der Waals surface area contributed by atoms with E-state index < -0.39 is 28.3 Å². The van der Waals surface area contributed by atoms with Crippen LogP contribution in [0.5, 0.6) is 0 Å². The third-order valence-electron chi connectivity index (χ3n) is 6.14. The molecule has 2 aliphatic carbocycles. The molecular weight excluding hydrogens is 247 g/mol. The number of hydroxylamine groups is 2. The summed E-state index contributed by atoms with van der Waals surface area (Å²) in [5.74, 6) is -0.299. The van der Waals surface area contributed by atoms with Crippen LogP contribution in [-0.4, -0.2) is 34.7 Å². The van der Waals surface area contributed by atoms with E-state index >= 15 is 0 Å². The lowest BCUT2D eigenvalue weighted by molar-refractivity contribution is -0.321. The number of rotatable bonds is 0. The molecule has 0 radical (unpaired) electrons. The summed E-state index contributed by atoms with van der Waals surface area (Å²) in [6, 6.07) is 0. The molecule has 1 aliphatic heterocycles. The van der Waals surface area contributed by atoms with Crippen LogP contribution in [-0.2, 0) is 4.84 Å². The van der Waals surface area contributed by atoms with Gasteiger partial charge in [-0.05, 0) is 18.3 Å². The van der Waals surface area contributed by atoms with E-state index in [0.29, 0.717) is 12.8 Å². The zero-order valence-electron chi connectivity index (χ0n) is 10.9. The van der Waals surface area contributed by atoms with Crippen molar-refractivity contribution < 1.29 is 23.1 Å². The molecule has 0 amide bonds. The summed E-state index contributed by atoms with van der Waals surface area (Å²) in [6.45, 7) is 5.17. The Kier molecular flexibility index (Phi) is 1.93. The Morgan fingerprint density at radius 3 is 2.11 bits per heavy atom. The Labute approximate surface area is 104 Å². The molecule has 18 heavy (non-hydrogen) atoms. The summed E-state index contributed by atoms with van der Waals surface area (Å²) in [4.78, 5) is 5.21. The van der Waals surface area contributed by atoms with E-state index in [1.165, 1.54) is 12.1 Å². The van der Waals surface area contributed by atoms with E-state index in [4.69, 9.17) is 4.84 Å². The van der Waals surface area contributed by atoms with Crippen LogP contribution < -0.4 is 0 Å². The molecule has 3 aliphatic rings. The molecule has 0 aromatic heterocycles. The second kappa shape index (κ2) is 2.74. The average molecular weight is 265 g/mol. The normalized spacial score (nSPS) is 57.3. The van der Waals surface area contributed by atoms with Gasteiger partial charge in [-0.25, -0.2) is 0 Å². The molecule has 1 N–H and O–H groups in total. The van der Waals surface area contributed by atoms with Crippen molar-refractivity contribution in [2.24, 2.45) is 16.7 Å². The zero-order valence-corrected chi connectivity index (χ0v) is 10.9. The van der Waals surface area contributed by atoms with Gasteiger partial charge in [0.25, 0.3) is 0 Å². The highest BCUT2D eigenvalue weighted by atomic mass is 19.4. The molecule has 0 aromatic rings. The van der Waals surface area contributed by atoms with Gasteiger partial charge in [0.2, 0.25) is 11.3 Å². The SMILES string of the molecule is CN1O[C@]12C1CC[C@](C)(C1(C)C)[C@@]2(O)C(F)(F)F. The molecule has 5 atom stereocenters. The van der Waals surface area contributed by atoms with Gasteiger partial charge in [-0.1, -0.05) is 20.8 Å². The van der Waals surface area contributed by atoms with E-state index in [1.807, 2.05) is 13.8 Å². The van der Waals surface area contributed by atoms with Crippen LogP contribution in [0.25, 0.3) is 0 Å². The topological polar surface area (TPSA) is 35.8 Å². The van der Waals surface area contributed by atoms with Crippen molar-refractivity contribution >= 4 is 0 Å². The number of aliphatic hydroxyl groups is 1. The standard InChI is InChI=1S/C12H18F3NO2/c1-8(2)7-5-6-9(8,3)11(17,12(13,14)15)10(7)16(4)18-10/h7,17H,5-6H2,1-4H3/t7?,9-,10+,11+,16?/m1/s1. The van der Waals surface area contributed by atoms with Gasteiger partial charge in [-0.15, -0.1) is 0 Å². The van der Waals surface area contributed by atoms with Crippen LogP contribution in [0.2, 0.25) is 0 Å². The molecule has 6 heteroatoms. The molecule has 1 spiro atoms. The molecule has 3 fully saturated rings. The van der Waals surface area contributed by atoms with E-state index in [9.17, 15) is 18.3 Å². The van der Waals surface area contributed by atoms with Gasteiger partial charge in [0, 0.05) is 18.4 Å². The lowest BCUT2D eigenvalue weighted by atomic mass is 9.63. The maximum absolute atomic E-state index is 13.5. The Balaban J connectivity index is 2.25. The summed E-state index contributed by atoms with van der Waals surface area (Å²) < 4.78 is 40.6. The number of fused-ring (bicyclic) bond motifs is 3. The Hall–Kier alpha value is -0.330. The third kappa shape index (κ3) is 0.859. The highest BCUT2D eigenvalue weighted by molar-refractivity contribution is 5.33. The van der Waals surface area contributed by atoms with Crippen molar-refractivity contribution in [2.75, 3.05) is 7.05 Å². The van der Waals surface area contributed by atoms with Gasteiger partial charge >= 0.3 is 6.18 Å². The van der Waals surface area contributed by atoms with Crippen molar-refractivity contribution in [3.63, 3.8) is 0 Å². The minimum atomic E-state index is -4.70. The van der Waals surface area contributed by atoms with Gasteiger partial charge in [0.1, 0.15) is 0 Å². The summed E-state index contributed by atoms with van der Waals surface area (Å²) in [5.41, 5.74) is -6.20. The number of hydrogen-bond donors (Lipinski definition) is 1. The van der Waals surface area contributed by atoms with Crippen LogP contribution in [0.15, 0.2) is 0 Å². The summed E-state index contributed by atoms with van der Waals surface area (Å²) >= 11 is 0. The second-order valence-corrected chi connectivity index (χ2v) is 6.64. The fourth-order valence-electron chi connectivity index (χ4n) is 4.76. The van der Waals surface area contributed by atoms with Crippen molar-refractivity contribution in [3.05, 3.63) is 0 Å². The highest BCUT2D eigenvalue weighted by Gasteiger charge is 2.94. The van der Waals surface area contributed by atoms with Crippen LogP contribution in [0.4, 0.5) is 13.2 Å². The number of nitrogens with zero attached hydrogens (tertiary/aromatic N) is 1. The lowest BCUT2D eigenvalue weighted by Gasteiger charge is -2.46. The van der Waals surface area contributed by atoms with E-state index in [1.54, 1.807) is 6.92 Å². The Bertz CT molecular complexity index is 424. The third-order valence-corrected chi connectivity index (χ3v) is 6.14. The first-order valence-corrected chi connectivity index (χ1v) is 6.19. The first kappa shape index (κ1) is 12.7. The average Bonchev–Trinajstić information content (AvgIpc) is 2.75. The highest BCUT2D eigenvalue weighted by Crippen LogP contribution is 2.80. The van der Waals surface area contributed by atoms with Gasteiger partial charge in [0.15, 0.2) is 0 Å². The van der Waals surface area contributed by atoms with Gasteiger partial charge in [-0.2, -0.15) is 18.2 Å². The van der Waals surface area contributed by atoms with E-state index in [-0.39, 0.29) is 5.92 Å². The van der Waals surface area contributed by atoms with Crippen LogP contribution in [0.3, 0.4) is 0 Å². The largest absolute Gasteiger partial charge is 0.422 e. The maximum Gasteiger partial charge on any atom is 0.422 e. The zero-order chi connectivity index (χ0) is 13.8. The van der Waals surface area contributed by atoms with Crippen molar-refractivity contribution in [2.45, 2.75) is 51.1 Å². The van der Waals surface area contributed by atoms with E-state index in [2.05, 4.69) is 0 Å². The number of alkyl halides is 3. The Morgan fingerprint density at radius 2 is 1.78 bits per heavy atom. The fourth-order valence-corrected chi connectivity index (χ4v) is 4.76. The minimum Gasteiger partial charge on any atom is -0.377 e. The lowest BCUT2D eigenvalue weighted by Crippen LogP contribution is -2.65. The monoisotopic (exact) mass is 265 g/mol. The Morgan fingerprint density at radius 1 is 1.28 bits per heavy atom. The van der Waals surface area contributed by atoms with Crippen molar-refractivity contribution in [3.8, 4) is 0 Å². The molecule has 3 nitrogen and oxygen atoms in total. The van der Waals surface area contributed by atoms with Crippen molar-refractivity contribution in [1.82, 2.24) is 5.06 Å². The fraction of sp³-hybridized carbons (Fsp3) is 1.00. The molecule has 3 rings (SSSR count). The molecule has 2 bridgehead atoms. The van der Waals surface area contributed by atoms with Gasteiger partial charge in [0.05, 0.1) is 0 Å². The molecule has 2 unspecified atom stereocenters. The summed E-state index contributed by atoms with van der Waals surface area (Å²) in [6.07, 6.45) is -3.66. The first-order chi connectivity index (χ1) is 7.97. The summed E-state index contributed by atoms with van der Waals surface area (Å²) in [5, 5.41) is 11.8. The minimum absolute atomic E-state index is 0.299. The predicted molar refractivity (Wildman–Crippen MR) is 57.2 cm³/mol. The summed E-state index contributed by atoms with van der Waals surface area (Å²) in [7, 11) is 1.47. The van der Waals surface area contributed by atoms with Crippen LogP contribution >= 0.6 is 0 Å². The van der Waals surface area contributed by atoms with Crippen LogP contribution in [0.1, 0.15) is 33.6 Å². The molecule has 1 heterocycles.